The van der Waals surface area contributed by atoms with Crippen LogP contribution in [0.5, 0.6) is 0 Å². The van der Waals surface area contributed by atoms with E-state index in [0.29, 0.717) is 22.2 Å². The highest BCUT2D eigenvalue weighted by molar-refractivity contribution is 6.06. The molecule has 0 atom stereocenters. The number of rotatable bonds is 3. The van der Waals surface area contributed by atoms with E-state index in [9.17, 15) is 14.0 Å². The molecular weight excluding hydrogens is 345 g/mol. The molecule has 0 fully saturated rings. The standard InChI is InChI=1S/C21H14FN3O2/c22-17-8-4-5-9-19(17)25-13-23-18-12-14(10-11-16(18)21(25)27)20(26)24-15-6-2-1-3-7-15/h1-13H,(H,24,26). The molecule has 3 aromatic carbocycles. The number of hydrogen-bond donors (Lipinski definition) is 1. The van der Waals surface area contributed by atoms with Gasteiger partial charge in [0.1, 0.15) is 12.1 Å². The average Bonchev–Trinajstić information content (AvgIpc) is 2.69. The third-order valence-corrected chi connectivity index (χ3v) is 4.17. The fraction of sp³-hybridized carbons (Fsp3) is 0. The number of aromatic nitrogens is 2. The second kappa shape index (κ2) is 6.84. The van der Waals surface area contributed by atoms with Gasteiger partial charge in [-0.1, -0.05) is 30.3 Å². The maximum atomic E-state index is 14.0. The lowest BCUT2D eigenvalue weighted by Crippen LogP contribution is -2.20. The van der Waals surface area contributed by atoms with E-state index in [-0.39, 0.29) is 11.6 Å². The maximum absolute atomic E-state index is 14.0. The molecule has 4 rings (SSSR count). The van der Waals surface area contributed by atoms with Crippen molar-refractivity contribution >= 4 is 22.5 Å². The number of carbonyl (C=O) groups excluding carboxylic acids is 1. The summed E-state index contributed by atoms with van der Waals surface area (Å²) in [6.45, 7) is 0. The predicted octanol–water partition coefficient (Wildman–Crippen LogP) is 3.78. The Morgan fingerprint density at radius 1 is 0.963 bits per heavy atom. The first-order valence-electron chi connectivity index (χ1n) is 8.26. The van der Waals surface area contributed by atoms with E-state index in [1.54, 1.807) is 36.4 Å². The van der Waals surface area contributed by atoms with Crippen molar-refractivity contribution in [1.29, 1.82) is 0 Å². The molecule has 27 heavy (non-hydrogen) atoms. The lowest BCUT2D eigenvalue weighted by Gasteiger charge is -2.09. The highest BCUT2D eigenvalue weighted by Gasteiger charge is 2.12. The van der Waals surface area contributed by atoms with Crippen LogP contribution in [0.3, 0.4) is 0 Å². The number of fused-ring (bicyclic) bond motifs is 1. The van der Waals surface area contributed by atoms with Gasteiger partial charge in [-0.3, -0.25) is 14.2 Å². The number of nitrogens with one attached hydrogen (secondary N) is 1. The van der Waals surface area contributed by atoms with Gasteiger partial charge in [-0.15, -0.1) is 0 Å². The minimum absolute atomic E-state index is 0.128. The summed E-state index contributed by atoms with van der Waals surface area (Å²) in [5, 5.41) is 3.09. The Labute approximate surface area is 153 Å². The Hall–Kier alpha value is -3.80. The minimum atomic E-state index is -0.514. The van der Waals surface area contributed by atoms with Crippen molar-refractivity contribution in [2.45, 2.75) is 0 Å². The monoisotopic (exact) mass is 359 g/mol. The molecule has 0 aliphatic rings. The van der Waals surface area contributed by atoms with Gasteiger partial charge in [0, 0.05) is 11.3 Å². The zero-order valence-corrected chi connectivity index (χ0v) is 14.1. The van der Waals surface area contributed by atoms with Gasteiger partial charge in [0.25, 0.3) is 11.5 Å². The number of carbonyl (C=O) groups is 1. The third-order valence-electron chi connectivity index (χ3n) is 4.17. The third kappa shape index (κ3) is 3.20. The lowest BCUT2D eigenvalue weighted by atomic mass is 10.1. The summed E-state index contributed by atoms with van der Waals surface area (Å²) in [6, 6.07) is 19.7. The molecule has 0 bridgehead atoms. The Balaban J connectivity index is 1.72. The molecule has 0 spiro atoms. The minimum Gasteiger partial charge on any atom is -0.322 e. The molecule has 0 aliphatic heterocycles. The summed E-state index contributed by atoms with van der Waals surface area (Å²) < 4.78 is 15.1. The molecule has 132 valence electrons. The van der Waals surface area contributed by atoms with Crippen LogP contribution in [-0.4, -0.2) is 15.5 Å². The molecule has 0 saturated carbocycles. The smallest absolute Gasteiger partial charge is 0.265 e. The second-order valence-corrected chi connectivity index (χ2v) is 5.92. The quantitative estimate of drug-likeness (QED) is 0.605. The van der Waals surface area contributed by atoms with Crippen LogP contribution in [0.25, 0.3) is 16.6 Å². The van der Waals surface area contributed by atoms with E-state index < -0.39 is 11.4 Å². The van der Waals surface area contributed by atoms with Gasteiger partial charge in [-0.05, 0) is 42.5 Å². The largest absolute Gasteiger partial charge is 0.322 e. The van der Waals surface area contributed by atoms with Crippen LogP contribution in [0.1, 0.15) is 10.4 Å². The first-order valence-corrected chi connectivity index (χ1v) is 8.26. The van der Waals surface area contributed by atoms with Gasteiger partial charge in [-0.25, -0.2) is 9.37 Å². The molecule has 0 radical (unpaired) electrons. The Morgan fingerprint density at radius 2 is 1.70 bits per heavy atom. The highest BCUT2D eigenvalue weighted by atomic mass is 19.1. The van der Waals surface area contributed by atoms with Crippen LogP contribution in [0.2, 0.25) is 0 Å². The SMILES string of the molecule is O=C(Nc1ccccc1)c1ccc2c(=O)n(-c3ccccc3F)cnc2c1. The van der Waals surface area contributed by atoms with Gasteiger partial charge >= 0.3 is 0 Å². The normalized spacial score (nSPS) is 10.7. The first kappa shape index (κ1) is 16.7. The maximum Gasteiger partial charge on any atom is 0.265 e. The number of amides is 1. The van der Waals surface area contributed by atoms with Crippen molar-refractivity contribution in [1.82, 2.24) is 9.55 Å². The zero-order chi connectivity index (χ0) is 18.8. The van der Waals surface area contributed by atoms with E-state index in [2.05, 4.69) is 10.3 Å². The molecule has 1 N–H and O–H groups in total. The van der Waals surface area contributed by atoms with Crippen LogP contribution in [0.4, 0.5) is 10.1 Å². The molecule has 0 saturated heterocycles. The van der Waals surface area contributed by atoms with Crippen LogP contribution < -0.4 is 10.9 Å². The average molecular weight is 359 g/mol. The Bertz CT molecular complexity index is 1200. The van der Waals surface area contributed by atoms with Crippen LogP contribution in [0.15, 0.2) is 83.9 Å². The molecular formula is C21H14FN3O2. The topological polar surface area (TPSA) is 64.0 Å². The van der Waals surface area contributed by atoms with Gasteiger partial charge < -0.3 is 5.32 Å². The number of para-hydroxylation sites is 2. The van der Waals surface area contributed by atoms with Gasteiger partial charge in [0.15, 0.2) is 0 Å². The molecule has 6 heteroatoms. The fourth-order valence-corrected chi connectivity index (χ4v) is 2.81. The Kier molecular flexibility index (Phi) is 4.22. The van der Waals surface area contributed by atoms with Crippen molar-refractivity contribution in [2.75, 3.05) is 5.32 Å². The van der Waals surface area contributed by atoms with E-state index in [0.717, 1.165) is 4.57 Å². The van der Waals surface area contributed by atoms with Gasteiger partial charge in [-0.2, -0.15) is 0 Å². The summed E-state index contributed by atoms with van der Waals surface area (Å²) >= 11 is 0. The van der Waals surface area contributed by atoms with Crippen LogP contribution in [-0.2, 0) is 0 Å². The van der Waals surface area contributed by atoms with Crippen molar-refractivity contribution in [2.24, 2.45) is 0 Å². The first-order chi connectivity index (χ1) is 13.1. The van der Waals surface area contributed by atoms with Crippen LogP contribution in [0, 0.1) is 5.82 Å². The molecule has 0 aliphatic carbocycles. The van der Waals surface area contributed by atoms with Crippen LogP contribution >= 0.6 is 0 Å². The molecule has 0 unspecified atom stereocenters. The van der Waals surface area contributed by atoms with Crippen molar-refractivity contribution < 1.29 is 9.18 Å². The molecule has 1 amide bonds. The summed E-state index contributed by atoms with van der Waals surface area (Å²) in [5.41, 5.74) is 1.14. The number of hydrogen-bond acceptors (Lipinski definition) is 3. The molecule has 5 nitrogen and oxygen atoms in total. The number of benzene rings is 3. The summed E-state index contributed by atoms with van der Waals surface area (Å²) in [6.07, 6.45) is 1.27. The molecule has 4 aromatic rings. The number of nitrogens with zero attached hydrogens (tertiary/aromatic N) is 2. The molecule has 1 heterocycles. The van der Waals surface area contributed by atoms with E-state index in [1.807, 2.05) is 18.2 Å². The predicted molar refractivity (Wildman–Crippen MR) is 102 cm³/mol. The number of halogens is 1. The zero-order valence-electron chi connectivity index (χ0n) is 14.1. The van der Waals surface area contributed by atoms with E-state index >= 15 is 0 Å². The second-order valence-electron chi connectivity index (χ2n) is 5.92. The van der Waals surface area contributed by atoms with Gasteiger partial charge in [0.2, 0.25) is 0 Å². The van der Waals surface area contributed by atoms with E-state index in [4.69, 9.17) is 0 Å². The molecule has 1 aromatic heterocycles. The Morgan fingerprint density at radius 3 is 2.48 bits per heavy atom. The lowest BCUT2D eigenvalue weighted by molar-refractivity contribution is 0.102. The summed E-state index contributed by atoms with van der Waals surface area (Å²) in [4.78, 5) is 29.3. The van der Waals surface area contributed by atoms with Gasteiger partial charge in [0.05, 0.1) is 16.6 Å². The highest BCUT2D eigenvalue weighted by Crippen LogP contribution is 2.15. The summed E-state index contributed by atoms with van der Waals surface area (Å²) in [7, 11) is 0. The van der Waals surface area contributed by atoms with E-state index in [1.165, 1.54) is 24.5 Å². The summed E-state index contributed by atoms with van der Waals surface area (Å²) in [5.74, 6) is -0.817. The van der Waals surface area contributed by atoms with Crippen molar-refractivity contribution in [3.8, 4) is 5.69 Å². The van der Waals surface area contributed by atoms with Crippen molar-refractivity contribution in [3.05, 3.63) is 101 Å². The fourth-order valence-electron chi connectivity index (χ4n) is 2.81. The van der Waals surface area contributed by atoms with Crippen molar-refractivity contribution in [3.63, 3.8) is 0 Å². The number of anilines is 1.